The van der Waals surface area contributed by atoms with Crippen LogP contribution in [-0.2, 0) is 9.59 Å². The van der Waals surface area contributed by atoms with Crippen LogP contribution in [0.1, 0.15) is 57.4 Å². The van der Waals surface area contributed by atoms with Crippen LogP contribution in [0.3, 0.4) is 0 Å². The normalized spacial score (nSPS) is 11.0. The molecule has 0 aliphatic carbocycles. The van der Waals surface area contributed by atoms with Crippen LogP contribution in [0.4, 0.5) is 0 Å². The first-order valence-electron chi connectivity index (χ1n) is 7.77. The first-order chi connectivity index (χ1) is 10.5. The molecule has 0 spiro atoms. The van der Waals surface area contributed by atoms with E-state index in [0.29, 0.717) is 12.0 Å². The Morgan fingerprint density at radius 2 is 1.77 bits per heavy atom. The number of phenols is 2. The number of carbonyl (C=O) groups excluding carboxylic acids is 2. The average Bonchev–Trinajstić information content (AvgIpc) is 2.48. The van der Waals surface area contributed by atoms with Crippen molar-refractivity contribution in [3.8, 4) is 11.5 Å². The van der Waals surface area contributed by atoms with E-state index in [2.05, 4.69) is 6.92 Å². The molecular weight excluding hydrogens is 280 g/mol. The summed E-state index contributed by atoms with van der Waals surface area (Å²) < 4.78 is 0. The van der Waals surface area contributed by atoms with E-state index in [-0.39, 0.29) is 29.5 Å². The number of hydrogen-bond acceptors (Lipinski definition) is 4. The summed E-state index contributed by atoms with van der Waals surface area (Å²) in [5, 5.41) is 18.5. The van der Waals surface area contributed by atoms with E-state index in [1.54, 1.807) is 6.07 Å². The van der Waals surface area contributed by atoms with Gasteiger partial charge in [-0.05, 0) is 30.2 Å². The number of benzene rings is 1. The van der Waals surface area contributed by atoms with Gasteiger partial charge >= 0.3 is 0 Å². The van der Waals surface area contributed by atoms with Crippen LogP contribution in [0.2, 0.25) is 0 Å². The van der Waals surface area contributed by atoms with Crippen LogP contribution in [0, 0.1) is 0 Å². The molecule has 0 radical (unpaired) electrons. The third kappa shape index (κ3) is 7.07. The summed E-state index contributed by atoms with van der Waals surface area (Å²) in [4.78, 5) is 23.4. The fourth-order valence-corrected chi connectivity index (χ4v) is 2.10. The number of allylic oxidation sites excluding steroid dienone is 1. The van der Waals surface area contributed by atoms with Crippen molar-refractivity contribution in [2.24, 2.45) is 0 Å². The molecule has 0 unspecified atom stereocenters. The number of rotatable bonds is 10. The average molecular weight is 304 g/mol. The Kier molecular flexibility index (Phi) is 7.97. The lowest BCUT2D eigenvalue weighted by molar-refractivity contribution is -0.124. The molecule has 0 bridgehead atoms. The van der Waals surface area contributed by atoms with E-state index in [1.165, 1.54) is 37.1 Å². The molecule has 0 aliphatic rings. The highest BCUT2D eigenvalue weighted by molar-refractivity contribution is 6.06. The quantitative estimate of drug-likeness (QED) is 0.296. The minimum atomic E-state index is -0.244. The van der Waals surface area contributed by atoms with Crippen molar-refractivity contribution in [3.63, 3.8) is 0 Å². The van der Waals surface area contributed by atoms with Gasteiger partial charge in [-0.1, -0.05) is 44.7 Å². The number of carbonyl (C=O) groups is 2. The van der Waals surface area contributed by atoms with Crippen molar-refractivity contribution in [3.05, 3.63) is 29.8 Å². The number of unbranched alkanes of at least 4 members (excludes halogenated alkanes) is 4. The molecule has 0 atom stereocenters. The first-order valence-corrected chi connectivity index (χ1v) is 7.77. The van der Waals surface area contributed by atoms with Gasteiger partial charge in [-0.15, -0.1) is 0 Å². The topological polar surface area (TPSA) is 74.6 Å². The molecule has 0 aliphatic heterocycles. The highest BCUT2D eigenvalue weighted by atomic mass is 16.3. The Morgan fingerprint density at radius 3 is 2.45 bits per heavy atom. The summed E-state index contributed by atoms with van der Waals surface area (Å²) in [7, 11) is 0. The van der Waals surface area contributed by atoms with Crippen molar-refractivity contribution in [2.75, 3.05) is 0 Å². The van der Waals surface area contributed by atoms with Crippen molar-refractivity contribution < 1.29 is 19.8 Å². The van der Waals surface area contributed by atoms with Gasteiger partial charge in [-0.2, -0.15) is 0 Å². The fraction of sp³-hybridized carbons (Fsp3) is 0.444. The minimum Gasteiger partial charge on any atom is -0.504 e. The van der Waals surface area contributed by atoms with E-state index < -0.39 is 0 Å². The highest BCUT2D eigenvalue weighted by Crippen LogP contribution is 2.25. The van der Waals surface area contributed by atoms with Crippen LogP contribution in [0.25, 0.3) is 6.08 Å². The van der Waals surface area contributed by atoms with Gasteiger partial charge in [0.1, 0.15) is 5.78 Å². The number of aromatic hydroxyl groups is 2. The van der Waals surface area contributed by atoms with Gasteiger partial charge in [0, 0.05) is 6.42 Å². The maximum absolute atomic E-state index is 11.7. The number of phenolic OH excluding ortho intramolecular Hbond substituents is 2. The van der Waals surface area contributed by atoms with Crippen LogP contribution < -0.4 is 0 Å². The molecular formula is C18H24O4. The Bertz CT molecular complexity index is 532. The van der Waals surface area contributed by atoms with Crippen molar-refractivity contribution >= 4 is 17.6 Å². The summed E-state index contributed by atoms with van der Waals surface area (Å²) in [6.45, 7) is 2.14. The molecule has 4 nitrogen and oxygen atoms in total. The Labute approximate surface area is 131 Å². The van der Waals surface area contributed by atoms with E-state index in [4.69, 9.17) is 0 Å². The number of ketones is 2. The summed E-state index contributed by atoms with van der Waals surface area (Å²) in [5.74, 6) is -0.717. The van der Waals surface area contributed by atoms with Gasteiger partial charge in [-0.3, -0.25) is 9.59 Å². The monoisotopic (exact) mass is 304 g/mol. The Hall–Kier alpha value is -2.10. The maximum Gasteiger partial charge on any atom is 0.163 e. The van der Waals surface area contributed by atoms with E-state index in [0.717, 1.165) is 19.3 Å². The Morgan fingerprint density at radius 1 is 1.05 bits per heavy atom. The lowest BCUT2D eigenvalue weighted by Crippen LogP contribution is -2.05. The van der Waals surface area contributed by atoms with Crippen LogP contribution >= 0.6 is 0 Å². The second kappa shape index (κ2) is 9.77. The van der Waals surface area contributed by atoms with Gasteiger partial charge in [0.05, 0.1) is 6.42 Å². The molecule has 1 aromatic rings. The Balaban J connectivity index is 2.34. The molecule has 0 heterocycles. The predicted octanol–water partition coefficient (Wildman–Crippen LogP) is 4.00. The van der Waals surface area contributed by atoms with Gasteiger partial charge in [0.15, 0.2) is 17.3 Å². The fourth-order valence-electron chi connectivity index (χ4n) is 2.10. The molecule has 0 saturated heterocycles. The minimum absolute atomic E-state index is 0.0281. The lowest BCUT2D eigenvalue weighted by Gasteiger charge is -2.00. The molecule has 120 valence electrons. The molecule has 0 amide bonds. The number of hydrogen-bond donors (Lipinski definition) is 2. The van der Waals surface area contributed by atoms with Gasteiger partial charge in [0.2, 0.25) is 0 Å². The zero-order valence-electron chi connectivity index (χ0n) is 13.0. The van der Waals surface area contributed by atoms with Gasteiger partial charge in [0.25, 0.3) is 0 Å². The third-order valence-corrected chi connectivity index (χ3v) is 3.39. The molecule has 1 rings (SSSR count). The van der Waals surface area contributed by atoms with Crippen molar-refractivity contribution in [2.45, 2.75) is 51.9 Å². The first kappa shape index (κ1) is 18.0. The molecule has 0 aromatic heterocycles. The maximum atomic E-state index is 11.7. The van der Waals surface area contributed by atoms with Crippen LogP contribution in [0.15, 0.2) is 24.3 Å². The molecule has 4 heteroatoms. The van der Waals surface area contributed by atoms with Gasteiger partial charge < -0.3 is 10.2 Å². The summed E-state index contributed by atoms with van der Waals surface area (Å²) in [6, 6.07) is 4.28. The van der Waals surface area contributed by atoms with Crippen molar-refractivity contribution in [1.82, 2.24) is 0 Å². The molecule has 1 aromatic carbocycles. The van der Waals surface area contributed by atoms with E-state index in [9.17, 15) is 19.8 Å². The van der Waals surface area contributed by atoms with E-state index in [1.807, 2.05) is 0 Å². The third-order valence-electron chi connectivity index (χ3n) is 3.39. The molecule has 0 fully saturated rings. The second-order valence-corrected chi connectivity index (χ2v) is 5.43. The summed E-state index contributed by atoms with van der Waals surface area (Å²) in [5.41, 5.74) is 0.593. The lowest BCUT2D eigenvalue weighted by atomic mass is 10.1. The zero-order chi connectivity index (χ0) is 16.4. The largest absolute Gasteiger partial charge is 0.504 e. The van der Waals surface area contributed by atoms with Crippen LogP contribution in [0.5, 0.6) is 11.5 Å². The predicted molar refractivity (Wildman–Crippen MR) is 86.8 cm³/mol. The molecule has 0 saturated carbocycles. The number of Topliss-reactive ketones (excluding diaryl/α,β-unsaturated/α-hetero) is 1. The molecule has 22 heavy (non-hydrogen) atoms. The van der Waals surface area contributed by atoms with Crippen molar-refractivity contribution in [1.29, 1.82) is 0 Å². The highest BCUT2D eigenvalue weighted by Gasteiger charge is 2.07. The van der Waals surface area contributed by atoms with Gasteiger partial charge in [-0.25, -0.2) is 0 Å². The molecule has 2 N–H and O–H groups in total. The smallest absolute Gasteiger partial charge is 0.163 e. The SMILES string of the molecule is CCCCCCCC(=O)CC(=O)/C=C/c1ccc(O)c(O)c1. The summed E-state index contributed by atoms with van der Waals surface area (Å²) >= 11 is 0. The van der Waals surface area contributed by atoms with Crippen LogP contribution in [-0.4, -0.2) is 21.8 Å². The summed E-state index contributed by atoms with van der Waals surface area (Å²) in [6.07, 6.45) is 8.63. The van der Waals surface area contributed by atoms with E-state index >= 15 is 0 Å². The zero-order valence-corrected chi connectivity index (χ0v) is 13.0. The second-order valence-electron chi connectivity index (χ2n) is 5.43. The standard InChI is InChI=1S/C18H24O4/c1-2-3-4-5-6-7-15(19)13-16(20)10-8-14-9-11-17(21)18(22)12-14/h8-12,21-22H,2-7,13H2,1H3/b10-8+.